The SMILES string of the molecule is CCCCC(=O)Nc1ccc(NCCOC)nc1. The Morgan fingerprint density at radius 3 is 2.89 bits per heavy atom. The van der Waals surface area contributed by atoms with Crippen LogP contribution in [0.4, 0.5) is 11.5 Å². The Labute approximate surface area is 108 Å². The number of hydrogen-bond acceptors (Lipinski definition) is 4. The second kappa shape index (κ2) is 8.47. The molecule has 0 bridgehead atoms. The second-order valence-electron chi connectivity index (χ2n) is 4.00. The van der Waals surface area contributed by atoms with Crippen molar-refractivity contribution in [2.75, 3.05) is 30.9 Å². The average molecular weight is 251 g/mol. The fraction of sp³-hybridized carbons (Fsp3) is 0.538. The van der Waals surface area contributed by atoms with Gasteiger partial charge in [0, 0.05) is 20.1 Å². The van der Waals surface area contributed by atoms with Crippen LogP contribution in [0, 0.1) is 0 Å². The van der Waals surface area contributed by atoms with Crippen molar-refractivity contribution in [3.63, 3.8) is 0 Å². The Kier molecular flexibility index (Phi) is 6.79. The van der Waals surface area contributed by atoms with Crippen molar-refractivity contribution >= 4 is 17.4 Å². The number of pyridine rings is 1. The minimum atomic E-state index is 0.0405. The summed E-state index contributed by atoms with van der Waals surface area (Å²) in [5.74, 6) is 0.817. The van der Waals surface area contributed by atoms with E-state index in [0.29, 0.717) is 19.6 Å². The number of carbonyl (C=O) groups excluding carboxylic acids is 1. The molecule has 0 spiro atoms. The Morgan fingerprint density at radius 2 is 2.28 bits per heavy atom. The number of amides is 1. The maximum atomic E-state index is 11.5. The third kappa shape index (κ3) is 5.63. The van der Waals surface area contributed by atoms with E-state index in [-0.39, 0.29) is 5.91 Å². The van der Waals surface area contributed by atoms with Gasteiger partial charge >= 0.3 is 0 Å². The molecular formula is C13H21N3O2. The number of methoxy groups -OCH3 is 1. The van der Waals surface area contributed by atoms with Crippen LogP contribution in [-0.4, -0.2) is 31.2 Å². The standard InChI is InChI=1S/C13H21N3O2/c1-3-4-5-13(17)16-11-6-7-12(15-10-11)14-8-9-18-2/h6-7,10H,3-5,8-9H2,1-2H3,(H,14,15)(H,16,17). The van der Waals surface area contributed by atoms with Crippen LogP contribution in [0.3, 0.4) is 0 Å². The zero-order chi connectivity index (χ0) is 13.2. The summed E-state index contributed by atoms with van der Waals surface area (Å²) in [6.45, 7) is 3.41. The number of anilines is 2. The van der Waals surface area contributed by atoms with Gasteiger partial charge in [-0.25, -0.2) is 4.98 Å². The molecule has 1 aromatic heterocycles. The van der Waals surface area contributed by atoms with Gasteiger partial charge in [-0.15, -0.1) is 0 Å². The molecule has 0 atom stereocenters. The van der Waals surface area contributed by atoms with E-state index in [1.54, 1.807) is 13.3 Å². The number of nitrogens with zero attached hydrogens (tertiary/aromatic N) is 1. The Balaban J connectivity index is 2.37. The molecule has 0 fully saturated rings. The molecule has 1 rings (SSSR count). The molecule has 0 aromatic carbocycles. The van der Waals surface area contributed by atoms with E-state index in [4.69, 9.17) is 4.74 Å². The van der Waals surface area contributed by atoms with Gasteiger partial charge in [-0.1, -0.05) is 13.3 Å². The first-order valence-electron chi connectivity index (χ1n) is 6.25. The van der Waals surface area contributed by atoms with E-state index < -0.39 is 0 Å². The van der Waals surface area contributed by atoms with Crippen molar-refractivity contribution in [1.29, 1.82) is 0 Å². The van der Waals surface area contributed by atoms with E-state index in [0.717, 1.165) is 24.3 Å². The summed E-state index contributed by atoms with van der Waals surface area (Å²) in [6.07, 6.45) is 4.15. The maximum Gasteiger partial charge on any atom is 0.224 e. The zero-order valence-corrected chi connectivity index (χ0v) is 11.0. The van der Waals surface area contributed by atoms with Crippen LogP contribution in [-0.2, 0) is 9.53 Å². The maximum absolute atomic E-state index is 11.5. The summed E-state index contributed by atoms with van der Waals surface area (Å²) in [5, 5.41) is 5.93. The van der Waals surface area contributed by atoms with Gasteiger partial charge in [0.1, 0.15) is 5.82 Å². The van der Waals surface area contributed by atoms with Crippen molar-refractivity contribution in [2.45, 2.75) is 26.2 Å². The Bertz CT molecular complexity index is 352. The number of ether oxygens (including phenoxy) is 1. The number of carbonyl (C=O) groups is 1. The summed E-state index contributed by atoms with van der Waals surface area (Å²) in [7, 11) is 1.66. The smallest absolute Gasteiger partial charge is 0.224 e. The Hall–Kier alpha value is -1.62. The molecule has 1 amide bonds. The lowest BCUT2D eigenvalue weighted by atomic mass is 10.2. The van der Waals surface area contributed by atoms with Crippen molar-refractivity contribution in [3.05, 3.63) is 18.3 Å². The van der Waals surface area contributed by atoms with E-state index >= 15 is 0 Å². The summed E-state index contributed by atoms with van der Waals surface area (Å²) in [5.41, 5.74) is 0.730. The molecule has 1 aromatic rings. The average Bonchev–Trinajstić information content (AvgIpc) is 2.39. The number of nitrogens with one attached hydrogen (secondary N) is 2. The molecule has 0 saturated heterocycles. The van der Waals surface area contributed by atoms with E-state index in [1.165, 1.54) is 0 Å². The van der Waals surface area contributed by atoms with E-state index in [2.05, 4.69) is 22.5 Å². The molecule has 5 heteroatoms. The topological polar surface area (TPSA) is 63.2 Å². The molecule has 0 saturated carbocycles. The van der Waals surface area contributed by atoms with Gasteiger partial charge in [0.05, 0.1) is 18.5 Å². The van der Waals surface area contributed by atoms with E-state index in [1.807, 2.05) is 12.1 Å². The molecule has 0 unspecified atom stereocenters. The van der Waals surface area contributed by atoms with Gasteiger partial charge in [0.25, 0.3) is 0 Å². The van der Waals surface area contributed by atoms with Gasteiger partial charge in [-0.2, -0.15) is 0 Å². The molecular weight excluding hydrogens is 230 g/mol. The lowest BCUT2D eigenvalue weighted by molar-refractivity contribution is -0.116. The van der Waals surface area contributed by atoms with Crippen LogP contribution in [0.25, 0.3) is 0 Å². The number of aromatic nitrogens is 1. The highest BCUT2D eigenvalue weighted by Crippen LogP contribution is 2.10. The summed E-state index contributed by atoms with van der Waals surface area (Å²) in [6, 6.07) is 3.68. The number of unbranched alkanes of at least 4 members (excludes halogenated alkanes) is 1. The second-order valence-corrected chi connectivity index (χ2v) is 4.00. The first-order valence-corrected chi connectivity index (χ1v) is 6.25. The predicted molar refractivity (Wildman–Crippen MR) is 72.8 cm³/mol. The van der Waals surface area contributed by atoms with Crippen molar-refractivity contribution in [1.82, 2.24) is 4.98 Å². The first-order chi connectivity index (χ1) is 8.76. The normalized spacial score (nSPS) is 10.1. The summed E-state index contributed by atoms with van der Waals surface area (Å²) >= 11 is 0. The highest BCUT2D eigenvalue weighted by atomic mass is 16.5. The lowest BCUT2D eigenvalue weighted by Crippen LogP contribution is -2.12. The molecule has 0 radical (unpaired) electrons. The zero-order valence-electron chi connectivity index (χ0n) is 11.0. The molecule has 0 aliphatic rings. The number of rotatable bonds is 8. The monoisotopic (exact) mass is 251 g/mol. The summed E-state index contributed by atoms with van der Waals surface area (Å²) < 4.78 is 4.93. The van der Waals surface area contributed by atoms with Gasteiger partial charge in [0.15, 0.2) is 0 Å². The molecule has 1 heterocycles. The largest absolute Gasteiger partial charge is 0.383 e. The highest BCUT2D eigenvalue weighted by molar-refractivity contribution is 5.90. The lowest BCUT2D eigenvalue weighted by Gasteiger charge is -2.07. The minimum Gasteiger partial charge on any atom is -0.383 e. The predicted octanol–water partition coefficient (Wildman–Crippen LogP) is 2.27. The van der Waals surface area contributed by atoms with Gasteiger partial charge in [0.2, 0.25) is 5.91 Å². The molecule has 0 aliphatic heterocycles. The molecule has 100 valence electrons. The van der Waals surface area contributed by atoms with Crippen molar-refractivity contribution in [2.24, 2.45) is 0 Å². The van der Waals surface area contributed by atoms with Crippen LogP contribution in [0.1, 0.15) is 26.2 Å². The van der Waals surface area contributed by atoms with Crippen LogP contribution in [0.2, 0.25) is 0 Å². The van der Waals surface area contributed by atoms with Crippen LogP contribution < -0.4 is 10.6 Å². The van der Waals surface area contributed by atoms with Crippen LogP contribution in [0.15, 0.2) is 18.3 Å². The summed E-state index contributed by atoms with van der Waals surface area (Å²) in [4.78, 5) is 15.7. The third-order valence-electron chi connectivity index (χ3n) is 2.42. The van der Waals surface area contributed by atoms with E-state index in [9.17, 15) is 4.79 Å². The molecule has 2 N–H and O–H groups in total. The molecule has 5 nitrogen and oxygen atoms in total. The van der Waals surface area contributed by atoms with Gasteiger partial charge in [-0.3, -0.25) is 4.79 Å². The van der Waals surface area contributed by atoms with Crippen molar-refractivity contribution < 1.29 is 9.53 Å². The van der Waals surface area contributed by atoms with Crippen LogP contribution in [0.5, 0.6) is 0 Å². The van der Waals surface area contributed by atoms with Crippen LogP contribution >= 0.6 is 0 Å². The van der Waals surface area contributed by atoms with Gasteiger partial charge < -0.3 is 15.4 Å². The molecule has 18 heavy (non-hydrogen) atoms. The quantitative estimate of drug-likeness (QED) is 0.696. The minimum absolute atomic E-state index is 0.0405. The number of hydrogen-bond donors (Lipinski definition) is 2. The Morgan fingerprint density at radius 1 is 1.44 bits per heavy atom. The van der Waals surface area contributed by atoms with Gasteiger partial charge in [-0.05, 0) is 18.6 Å². The molecule has 0 aliphatic carbocycles. The fourth-order valence-corrected chi connectivity index (χ4v) is 1.41. The fourth-order valence-electron chi connectivity index (χ4n) is 1.41. The highest BCUT2D eigenvalue weighted by Gasteiger charge is 2.01. The van der Waals surface area contributed by atoms with Crippen molar-refractivity contribution in [3.8, 4) is 0 Å². The first kappa shape index (κ1) is 14.4. The third-order valence-corrected chi connectivity index (χ3v) is 2.42.